The van der Waals surface area contributed by atoms with Crippen LogP contribution in [0.15, 0.2) is 41.8 Å². The maximum atomic E-state index is 5.76. The molecule has 90 valence electrons. The summed E-state index contributed by atoms with van der Waals surface area (Å²) in [6, 6.07) is 12.4. The minimum atomic E-state index is 0.850. The Bertz CT molecular complexity index is 451. The molecule has 2 aromatic rings. The highest BCUT2D eigenvalue weighted by Crippen LogP contribution is 2.12. The lowest BCUT2D eigenvalue weighted by Crippen LogP contribution is -2.20. The molecule has 0 fully saturated rings. The number of anilines is 1. The molecular formula is C14H18N2S. The quantitative estimate of drug-likeness (QED) is 0.822. The van der Waals surface area contributed by atoms with Crippen molar-refractivity contribution in [2.45, 2.75) is 13.0 Å². The molecule has 2 nitrogen and oxygen atoms in total. The third-order valence-electron chi connectivity index (χ3n) is 2.74. The van der Waals surface area contributed by atoms with Crippen molar-refractivity contribution < 1.29 is 0 Å². The van der Waals surface area contributed by atoms with Gasteiger partial charge in [0.2, 0.25) is 0 Å². The average Bonchev–Trinajstić information content (AvgIpc) is 2.79. The molecule has 0 amide bonds. The lowest BCUT2D eigenvalue weighted by molar-refractivity contribution is 0.334. The van der Waals surface area contributed by atoms with Crippen molar-refractivity contribution in [1.29, 1.82) is 0 Å². The van der Waals surface area contributed by atoms with Gasteiger partial charge in [-0.15, -0.1) is 11.3 Å². The van der Waals surface area contributed by atoms with Gasteiger partial charge < -0.3 is 10.6 Å². The van der Waals surface area contributed by atoms with E-state index in [1.54, 1.807) is 0 Å². The van der Waals surface area contributed by atoms with Crippen LogP contribution in [0.25, 0.3) is 0 Å². The molecule has 0 bridgehead atoms. The van der Waals surface area contributed by atoms with E-state index in [9.17, 15) is 0 Å². The monoisotopic (exact) mass is 246 g/mol. The van der Waals surface area contributed by atoms with Gasteiger partial charge in [0.15, 0.2) is 0 Å². The zero-order valence-corrected chi connectivity index (χ0v) is 10.9. The van der Waals surface area contributed by atoms with Crippen LogP contribution in [0.1, 0.15) is 10.4 Å². The molecular weight excluding hydrogens is 228 g/mol. The Morgan fingerprint density at radius 3 is 2.82 bits per heavy atom. The molecule has 0 saturated carbocycles. The molecule has 1 aromatic carbocycles. The number of thiophene rings is 1. The van der Waals surface area contributed by atoms with Crippen molar-refractivity contribution in [2.24, 2.45) is 0 Å². The van der Waals surface area contributed by atoms with Gasteiger partial charge in [0, 0.05) is 23.7 Å². The van der Waals surface area contributed by atoms with Crippen molar-refractivity contribution in [3.63, 3.8) is 0 Å². The van der Waals surface area contributed by atoms with Crippen LogP contribution in [-0.4, -0.2) is 18.5 Å². The summed E-state index contributed by atoms with van der Waals surface area (Å²) < 4.78 is 0. The SMILES string of the molecule is CN(CCc1cccc(N)c1)Cc1cccs1. The van der Waals surface area contributed by atoms with Gasteiger partial charge in [-0.3, -0.25) is 0 Å². The molecule has 1 heterocycles. The van der Waals surface area contributed by atoms with Crippen molar-refractivity contribution in [3.05, 3.63) is 52.2 Å². The molecule has 0 aliphatic carbocycles. The van der Waals surface area contributed by atoms with Crippen molar-refractivity contribution in [2.75, 3.05) is 19.3 Å². The molecule has 0 atom stereocenters. The van der Waals surface area contributed by atoms with E-state index in [0.29, 0.717) is 0 Å². The number of hydrogen-bond donors (Lipinski definition) is 1. The van der Waals surface area contributed by atoms with Gasteiger partial charge in [-0.25, -0.2) is 0 Å². The maximum Gasteiger partial charge on any atom is 0.0324 e. The van der Waals surface area contributed by atoms with Crippen LogP contribution in [0, 0.1) is 0 Å². The zero-order valence-electron chi connectivity index (χ0n) is 10.1. The molecule has 0 spiro atoms. The second-order valence-electron chi connectivity index (χ2n) is 4.31. The van der Waals surface area contributed by atoms with Crippen LogP contribution in [0.4, 0.5) is 5.69 Å². The summed E-state index contributed by atoms with van der Waals surface area (Å²) in [6.45, 7) is 2.08. The van der Waals surface area contributed by atoms with Gasteiger partial charge in [0.25, 0.3) is 0 Å². The fraction of sp³-hybridized carbons (Fsp3) is 0.286. The number of likely N-dealkylation sites (N-methyl/N-ethyl adjacent to an activating group) is 1. The number of nitrogen functional groups attached to an aromatic ring is 1. The first kappa shape index (κ1) is 12.1. The molecule has 17 heavy (non-hydrogen) atoms. The largest absolute Gasteiger partial charge is 0.399 e. The number of nitrogens with two attached hydrogens (primary N) is 1. The van der Waals surface area contributed by atoms with Crippen molar-refractivity contribution in [3.8, 4) is 0 Å². The summed E-state index contributed by atoms with van der Waals surface area (Å²) in [7, 11) is 2.16. The van der Waals surface area contributed by atoms with E-state index in [1.165, 1.54) is 10.4 Å². The van der Waals surface area contributed by atoms with Crippen LogP contribution in [0.3, 0.4) is 0 Å². The van der Waals surface area contributed by atoms with E-state index >= 15 is 0 Å². The second-order valence-corrected chi connectivity index (χ2v) is 5.34. The minimum Gasteiger partial charge on any atom is -0.399 e. The van der Waals surface area contributed by atoms with Gasteiger partial charge in [-0.2, -0.15) is 0 Å². The highest BCUT2D eigenvalue weighted by Gasteiger charge is 2.02. The van der Waals surface area contributed by atoms with E-state index < -0.39 is 0 Å². The average molecular weight is 246 g/mol. The smallest absolute Gasteiger partial charge is 0.0324 e. The van der Waals surface area contributed by atoms with Crippen LogP contribution < -0.4 is 5.73 Å². The summed E-state index contributed by atoms with van der Waals surface area (Å²) in [6.07, 6.45) is 1.05. The second kappa shape index (κ2) is 5.84. The summed E-state index contributed by atoms with van der Waals surface area (Å²) in [5.74, 6) is 0. The van der Waals surface area contributed by atoms with Gasteiger partial charge in [0.05, 0.1) is 0 Å². The normalized spacial score (nSPS) is 10.9. The van der Waals surface area contributed by atoms with E-state index in [0.717, 1.165) is 25.2 Å². The van der Waals surface area contributed by atoms with Gasteiger partial charge in [-0.05, 0) is 42.6 Å². The Morgan fingerprint density at radius 1 is 1.24 bits per heavy atom. The molecule has 2 rings (SSSR count). The third kappa shape index (κ3) is 3.88. The lowest BCUT2D eigenvalue weighted by atomic mass is 10.1. The lowest BCUT2D eigenvalue weighted by Gasteiger charge is -2.15. The highest BCUT2D eigenvalue weighted by atomic mass is 32.1. The van der Waals surface area contributed by atoms with Crippen molar-refractivity contribution in [1.82, 2.24) is 4.90 Å². The van der Waals surface area contributed by atoms with Crippen LogP contribution in [0.5, 0.6) is 0 Å². The van der Waals surface area contributed by atoms with Gasteiger partial charge in [0.1, 0.15) is 0 Å². The van der Waals surface area contributed by atoms with Crippen LogP contribution in [0.2, 0.25) is 0 Å². The first-order valence-corrected chi connectivity index (χ1v) is 6.67. The summed E-state index contributed by atoms with van der Waals surface area (Å²) >= 11 is 1.81. The number of nitrogens with zero attached hydrogens (tertiary/aromatic N) is 1. The predicted molar refractivity (Wildman–Crippen MR) is 75.2 cm³/mol. The fourth-order valence-electron chi connectivity index (χ4n) is 1.82. The molecule has 3 heteroatoms. The molecule has 0 unspecified atom stereocenters. The fourth-order valence-corrected chi connectivity index (χ4v) is 2.60. The molecule has 1 aromatic heterocycles. The molecule has 0 aliphatic heterocycles. The van der Waals surface area contributed by atoms with Crippen LogP contribution >= 0.6 is 11.3 Å². The predicted octanol–water partition coefficient (Wildman–Crippen LogP) is 3.00. The third-order valence-corrected chi connectivity index (χ3v) is 3.60. The topological polar surface area (TPSA) is 29.3 Å². The summed E-state index contributed by atoms with van der Waals surface area (Å²) in [5, 5.41) is 2.13. The molecule has 0 radical (unpaired) electrons. The first-order chi connectivity index (χ1) is 8.24. The Kier molecular flexibility index (Phi) is 4.18. The van der Waals surface area contributed by atoms with Crippen LogP contribution in [-0.2, 0) is 13.0 Å². The maximum absolute atomic E-state index is 5.76. The van der Waals surface area contributed by atoms with E-state index in [4.69, 9.17) is 5.73 Å². The number of rotatable bonds is 5. The van der Waals surface area contributed by atoms with Gasteiger partial charge >= 0.3 is 0 Å². The summed E-state index contributed by atoms with van der Waals surface area (Å²) in [4.78, 5) is 3.76. The molecule has 0 saturated heterocycles. The summed E-state index contributed by atoms with van der Waals surface area (Å²) in [5.41, 5.74) is 7.92. The van der Waals surface area contributed by atoms with Crippen molar-refractivity contribution >= 4 is 17.0 Å². The highest BCUT2D eigenvalue weighted by molar-refractivity contribution is 7.09. The number of benzene rings is 1. The van der Waals surface area contributed by atoms with Gasteiger partial charge in [-0.1, -0.05) is 18.2 Å². The standard InChI is InChI=1S/C14H18N2S/c1-16(11-14-6-3-9-17-14)8-7-12-4-2-5-13(15)10-12/h2-6,9-10H,7-8,11,15H2,1H3. The van der Waals surface area contributed by atoms with E-state index in [2.05, 4.69) is 41.6 Å². The Balaban J connectivity index is 1.82. The Morgan fingerprint density at radius 2 is 2.12 bits per heavy atom. The minimum absolute atomic E-state index is 0.850. The Hall–Kier alpha value is -1.32. The number of hydrogen-bond acceptors (Lipinski definition) is 3. The zero-order chi connectivity index (χ0) is 12.1. The molecule has 0 aliphatic rings. The molecule has 2 N–H and O–H groups in total. The van der Waals surface area contributed by atoms with E-state index in [1.807, 2.05) is 23.5 Å². The first-order valence-electron chi connectivity index (χ1n) is 5.79. The van der Waals surface area contributed by atoms with E-state index in [-0.39, 0.29) is 0 Å². The Labute approximate surface area is 107 Å².